The summed E-state index contributed by atoms with van der Waals surface area (Å²) in [4.78, 5) is 11.3. The molecule has 1 aromatic heterocycles. The van der Waals surface area contributed by atoms with Gasteiger partial charge in [0.1, 0.15) is 6.61 Å². The molecule has 0 unspecified atom stereocenters. The summed E-state index contributed by atoms with van der Waals surface area (Å²) in [7, 11) is 1.65. The number of likely N-dealkylation sites (tertiary alicyclic amines) is 1. The summed E-state index contributed by atoms with van der Waals surface area (Å²) in [5, 5.41) is 3.36. The molecular formula is C16H27IN4O2. The molecule has 1 aliphatic heterocycles. The van der Waals surface area contributed by atoms with E-state index < -0.39 is 0 Å². The molecule has 1 aromatic rings. The number of pyridine rings is 1. The van der Waals surface area contributed by atoms with Crippen LogP contribution >= 0.6 is 24.0 Å². The maximum absolute atomic E-state index is 5.45. The minimum absolute atomic E-state index is 0. The number of nitrogens with one attached hydrogen (secondary N) is 1. The quantitative estimate of drug-likeness (QED) is 0.309. The van der Waals surface area contributed by atoms with Crippen molar-refractivity contribution in [3.05, 3.63) is 23.9 Å². The van der Waals surface area contributed by atoms with E-state index in [1.54, 1.807) is 7.11 Å². The molecule has 7 heteroatoms. The first kappa shape index (κ1) is 20.0. The standard InChI is InChI=1S/C16H26N4O2.HI/c1-3-17-16(20-8-4-5-9-20)19-13-14-6-7-15(18-12-14)22-11-10-21-2;/h6-7,12H,3-5,8-11,13H2,1-2H3,(H,17,19);1H. The Kier molecular flexibility index (Phi) is 9.93. The number of ether oxygens (including phenoxy) is 2. The van der Waals surface area contributed by atoms with E-state index in [4.69, 9.17) is 14.5 Å². The lowest BCUT2D eigenvalue weighted by atomic mass is 10.3. The molecule has 0 atom stereocenters. The van der Waals surface area contributed by atoms with Crippen LogP contribution in [0.25, 0.3) is 0 Å². The monoisotopic (exact) mass is 434 g/mol. The van der Waals surface area contributed by atoms with Crippen LogP contribution in [-0.4, -0.2) is 55.8 Å². The predicted octanol–water partition coefficient (Wildman–Crippen LogP) is 2.29. The lowest BCUT2D eigenvalue weighted by molar-refractivity contribution is 0.143. The number of nitrogens with zero attached hydrogens (tertiary/aromatic N) is 3. The fourth-order valence-corrected chi connectivity index (χ4v) is 2.34. The van der Waals surface area contributed by atoms with Gasteiger partial charge < -0.3 is 19.7 Å². The zero-order valence-electron chi connectivity index (χ0n) is 14.0. The van der Waals surface area contributed by atoms with Crippen molar-refractivity contribution in [2.75, 3.05) is 40.0 Å². The summed E-state index contributed by atoms with van der Waals surface area (Å²) in [6.45, 7) is 6.88. The van der Waals surface area contributed by atoms with Gasteiger partial charge in [-0.15, -0.1) is 24.0 Å². The number of methoxy groups -OCH3 is 1. The molecule has 1 saturated heterocycles. The average Bonchev–Trinajstić information content (AvgIpc) is 3.07. The van der Waals surface area contributed by atoms with Crippen LogP contribution in [0.3, 0.4) is 0 Å². The molecule has 0 radical (unpaired) electrons. The zero-order chi connectivity index (χ0) is 15.6. The van der Waals surface area contributed by atoms with Crippen LogP contribution in [0.5, 0.6) is 5.88 Å². The third kappa shape index (κ3) is 6.90. The molecule has 1 aliphatic rings. The van der Waals surface area contributed by atoms with Crippen molar-refractivity contribution in [2.24, 2.45) is 4.99 Å². The van der Waals surface area contributed by atoms with E-state index in [9.17, 15) is 0 Å². The van der Waals surface area contributed by atoms with Crippen molar-refractivity contribution in [3.63, 3.8) is 0 Å². The van der Waals surface area contributed by atoms with Crippen LogP contribution in [-0.2, 0) is 11.3 Å². The third-order valence-electron chi connectivity index (χ3n) is 3.49. The number of aromatic nitrogens is 1. The Bertz CT molecular complexity index is 462. The summed E-state index contributed by atoms with van der Waals surface area (Å²) in [5.74, 6) is 1.62. The molecule has 130 valence electrons. The minimum Gasteiger partial charge on any atom is -0.475 e. The van der Waals surface area contributed by atoms with Crippen molar-refractivity contribution in [3.8, 4) is 5.88 Å². The second-order valence-corrected chi connectivity index (χ2v) is 5.21. The molecule has 1 fully saturated rings. The molecule has 23 heavy (non-hydrogen) atoms. The molecular weight excluding hydrogens is 407 g/mol. The Morgan fingerprint density at radius 2 is 2.09 bits per heavy atom. The zero-order valence-corrected chi connectivity index (χ0v) is 16.3. The highest BCUT2D eigenvalue weighted by Crippen LogP contribution is 2.10. The normalized spacial score (nSPS) is 14.5. The van der Waals surface area contributed by atoms with Crippen molar-refractivity contribution < 1.29 is 9.47 Å². The number of hydrogen-bond acceptors (Lipinski definition) is 4. The van der Waals surface area contributed by atoms with Crippen molar-refractivity contribution in [2.45, 2.75) is 26.3 Å². The van der Waals surface area contributed by atoms with E-state index in [2.05, 4.69) is 22.1 Å². The van der Waals surface area contributed by atoms with Gasteiger partial charge in [0.2, 0.25) is 5.88 Å². The van der Waals surface area contributed by atoms with E-state index in [0.717, 1.165) is 31.2 Å². The summed E-state index contributed by atoms with van der Waals surface area (Å²) >= 11 is 0. The van der Waals surface area contributed by atoms with E-state index in [1.807, 2.05) is 18.3 Å². The highest BCUT2D eigenvalue weighted by Gasteiger charge is 2.15. The summed E-state index contributed by atoms with van der Waals surface area (Å²) < 4.78 is 10.4. The maximum atomic E-state index is 5.45. The van der Waals surface area contributed by atoms with Gasteiger partial charge in [-0.3, -0.25) is 0 Å². The van der Waals surface area contributed by atoms with Crippen LogP contribution in [0.2, 0.25) is 0 Å². The van der Waals surface area contributed by atoms with Gasteiger partial charge in [-0.2, -0.15) is 0 Å². The second kappa shape index (κ2) is 11.4. The summed E-state index contributed by atoms with van der Waals surface area (Å²) in [5.41, 5.74) is 1.08. The SMILES string of the molecule is CCNC(=NCc1ccc(OCCOC)nc1)N1CCCC1.I. The second-order valence-electron chi connectivity index (χ2n) is 5.21. The van der Waals surface area contributed by atoms with Gasteiger partial charge in [0.15, 0.2) is 5.96 Å². The minimum atomic E-state index is 0. The number of rotatable bonds is 7. The van der Waals surface area contributed by atoms with Gasteiger partial charge in [0.05, 0.1) is 13.2 Å². The van der Waals surface area contributed by atoms with E-state index >= 15 is 0 Å². The molecule has 1 N–H and O–H groups in total. The molecule has 0 aliphatic carbocycles. The van der Waals surface area contributed by atoms with Crippen LogP contribution in [0.15, 0.2) is 23.3 Å². The Morgan fingerprint density at radius 1 is 1.30 bits per heavy atom. The molecule has 0 spiro atoms. The smallest absolute Gasteiger partial charge is 0.213 e. The largest absolute Gasteiger partial charge is 0.475 e. The third-order valence-corrected chi connectivity index (χ3v) is 3.49. The van der Waals surface area contributed by atoms with Crippen LogP contribution in [0.4, 0.5) is 0 Å². The Balaban J connectivity index is 0.00000264. The highest BCUT2D eigenvalue weighted by atomic mass is 127. The number of guanidine groups is 1. The molecule has 2 rings (SSSR count). The Hall–Kier alpha value is -1.09. The van der Waals surface area contributed by atoms with Crippen LogP contribution in [0.1, 0.15) is 25.3 Å². The fraction of sp³-hybridized carbons (Fsp3) is 0.625. The maximum Gasteiger partial charge on any atom is 0.213 e. The van der Waals surface area contributed by atoms with Gasteiger partial charge >= 0.3 is 0 Å². The topological polar surface area (TPSA) is 59.0 Å². The summed E-state index contributed by atoms with van der Waals surface area (Å²) in [6, 6.07) is 3.88. The molecule has 0 bridgehead atoms. The molecule has 2 heterocycles. The summed E-state index contributed by atoms with van der Waals surface area (Å²) in [6.07, 6.45) is 4.32. The van der Waals surface area contributed by atoms with Gasteiger partial charge in [-0.1, -0.05) is 6.07 Å². The van der Waals surface area contributed by atoms with Crippen molar-refractivity contribution >= 4 is 29.9 Å². The highest BCUT2D eigenvalue weighted by molar-refractivity contribution is 14.0. The van der Waals surface area contributed by atoms with Crippen molar-refractivity contribution in [1.29, 1.82) is 0 Å². The van der Waals surface area contributed by atoms with E-state index in [-0.39, 0.29) is 24.0 Å². The van der Waals surface area contributed by atoms with Gasteiger partial charge in [-0.25, -0.2) is 9.98 Å². The predicted molar refractivity (Wildman–Crippen MR) is 103 cm³/mol. The molecule has 0 aromatic carbocycles. The molecule has 6 nitrogen and oxygen atoms in total. The van der Waals surface area contributed by atoms with E-state index in [0.29, 0.717) is 25.6 Å². The lowest BCUT2D eigenvalue weighted by Crippen LogP contribution is -2.39. The first-order chi connectivity index (χ1) is 10.8. The van der Waals surface area contributed by atoms with E-state index in [1.165, 1.54) is 12.8 Å². The van der Waals surface area contributed by atoms with Crippen molar-refractivity contribution in [1.82, 2.24) is 15.2 Å². The fourth-order valence-electron chi connectivity index (χ4n) is 2.34. The number of halogens is 1. The van der Waals surface area contributed by atoms with Gasteiger partial charge in [-0.05, 0) is 25.3 Å². The lowest BCUT2D eigenvalue weighted by Gasteiger charge is -2.20. The average molecular weight is 434 g/mol. The first-order valence-electron chi connectivity index (χ1n) is 7.93. The molecule has 0 amide bonds. The van der Waals surface area contributed by atoms with Crippen LogP contribution < -0.4 is 10.1 Å². The van der Waals surface area contributed by atoms with Crippen LogP contribution in [0, 0.1) is 0 Å². The van der Waals surface area contributed by atoms with Gasteiger partial charge in [0.25, 0.3) is 0 Å². The Morgan fingerprint density at radius 3 is 2.70 bits per heavy atom. The van der Waals surface area contributed by atoms with Gasteiger partial charge in [0, 0.05) is 39.0 Å². The molecule has 0 saturated carbocycles. The number of hydrogen-bond donors (Lipinski definition) is 1. The number of aliphatic imine (C=N–C) groups is 1. The first-order valence-corrected chi connectivity index (χ1v) is 7.93. The Labute approximate surface area is 155 Å².